The van der Waals surface area contributed by atoms with E-state index in [1.54, 1.807) is 0 Å². The zero-order valence-electron chi connectivity index (χ0n) is 19.9. The van der Waals surface area contributed by atoms with Gasteiger partial charge in [0, 0.05) is 24.6 Å². The molecule has 3 heterocycles. The van der Waals surface area contributed by atoms with Crippen LogP contribution in [0.15, 0.2) is 48.5 Å². The smallest absolute Gasteiger partial charge is 0.356 e. The average Bonchev–Trinajstić information content (AvgIpc) is 3.54. The second-order valence-electron chi connectivity index (χ2n) is 8.97. The molecule has 1 amide bonds. The fourth-order valence-electron chi connectivity index (χ4n) is 4.73. The van der Waals surface area contributed by atoms with Gasteiger partial charge >= 0.3 is 5.97 Å². The van der Waals surface area contributed by atoms with Crippen LogP contribution in [0.25, 0.3) is 21.2 Å². The monoisotopic (exact) mass is 546 g/mol. The van der Waals surface area contributed by atoms with E-state index in [1.165, 1.54) is 16.2 Å². The highest BCUT2D eigenvalue weighted by Gasteiger charge is 2.30. The van der Waals surface area contributed by atoms with Gasteiger partial charge in [0.15, 0.2) is 5.69 Å². The van der Waals surface area contributed by atoms with Crippen molar-refractivity contribution < 1.29 is 32.3 Å². The van der Waals surface area contributed by atoms with Gasteiger partial charge in [0.1, 0.15) is 17.9 Å². The lowest BCUT2D eigenvalue weighted by Crippen LogP contribution is -2.40. The maximum atomic E-state index is 13.3. The first-order chi connectivity index (χ1) is 18.2. The predicted octanol–water partition coefficient (Wildman–Crippen LogP) is 6.14. The van der Waals surface area contributed by atoms with Crippen LogP contribution in [0.5, 0.6) is 0 Å². The number of rotatable bonds is 7. The minimum atomic E-state index is -3.04. The van der Waals surface area contributed by atoms with Crippen LogP contribution in [-0.2, 0) is 11.3 Å². The van der Waals surface area contributed by atoms with Gasteiger partial charge in [-0.2, -0.15) is 5.10 Å². The third-order valence-corrected chi connectivity index (χ3v) is 7.89. The Balaban J connectivity index is 1.32. The van der Waals surface area contributed by atoms with Crippen molar-refractivity contribution in [1.82, 2.24) is 19.7 Å². The topological polar surface area (TPSA) is 88.3 Å². The zero-order chi connectivity index (χ0) is 27.0. The number of carboxylic acid groups (broad SMARTS) is 1. The molecule has 2 aromatic heterocycles. The number of hydrogen-bond donors (Lipinski definition) is 1. The van der Waals surface area contributed by atoms with Crippen molar-refractivity contribution in [3.8, 4) is 10.4 Å². The normalized spacial score (nSPS) is 14.6. The largest absolute Gasteiger partial charge is 0.476 e. The summed E-state index contributed by atoms with van der Waals surface area (Å²) in [4.78, 5) is 31.3. The van der Waals surface area contributed by atoms with Crippen LogP contribution >= 0.6 is 11.3 Å². The molecule has 198 valence electrons. The summed E-state index contributed by atoms with van der Waals surface area (Å²) >= 11 is 1.32. The first-order valence-corrected chi connectivity index (χ1v) is 12.7. The molecule has 5 rings (SSSR count). The number of aromatic nitrogens is 3. The van der Waals surface area contributed by atoms with Crippen LogP contribution in [0.1, 0.15) is 58.5 Å². The van der Waals surface area contributed by atoms with Crippen LogP contribution in [0, 0.1) is 0 Å². The van der Waals surface area contributed by atoms with Crippen molar-refractivity contribution >= 4 is 34.0 Å². The molecule has 1 fully saturated rings. The molecule has 38 heavy (non-hydrogen) atoms. The highest BCUT2D eigenvalue weighted by Crippen LogP contribution is 2.40. The summed E-state index contributed by atoms with van der Waals surface area (Å²) in [6, 6.07) is 14.0. The van der Waals surface area contributed by atoms with Crippen LogP contribution in [0.4, 0.5) is 17.6 Å². The van der Waals surface area contributed by atoms with Crippen molar-refractivity contribution in [2.45, 2.75) is 38.2 Å². The quantitative estimate of drug-likeness (QED) is 0.282. The zero-order valence-corrected chi connectivity index (χ0v) is 20.7. The van der Waals surface area contributed by atoms with Crippen LogP contribution in [0.3, 0.4) is 0 Å². The molecule has 1 saturated heterocycles. The number of benzene rings is 2. The molecule has 1 aliphatic rings. The Bertz CT molecular complexity index is 1490. The summed E-state index contributed by atoms with van der Waals surface area (Å²) < 4.78 is 53.0. The number of halogens is 4. The van der Waals surface area contributed by atoms with Gasteiger partial charge in [0.2, 0.25) is 5.91 Å². The number of alkyl halides is 4. The summed E-state index contributed by atoms with van der Waals surface area (Å²) in [5.41, 5.74) is -0.762. The van der Waals surface area contributed by atoms with E-state index in [0.29, 0.717) is 46.6 Å². The Kier molecular flexibility index (Phi) is 7.15. The number of amides is 1. The third-order valence-electron chi connectivity index (χ3n) is 6.64. The van der Waals surface area contributed by atoms with E-state index in [4.69, 9.17) is 0 Å². The first-order valence-electron chi connectivity index (χ1n) is 11.9. The van der Waals surface area contributed by atoms with E-state index in [0.717, 1.165) is 16.3 Å². The number of fused-ring (bicyclic) bond motifs is 1. The van der Waals surface area contributed by atoms with Gasteiger partial charge in [-0.05, 0) is 29.7 Å². The predicted molar refractivity (Wildman–Crippen MR) is 133 cm³/mol. The van der Waals surface area contributed by atoms with E-state index < -0.39 is 42.7 Å². The third kappa shape index (κ3) is 5.00. The van der Waals surface area contributed by atoms with E-state index in [2.05, 4.69) is 10.1 Å². The number of carboxylic acids is 1. The molecule has 1 aliphatic heterocycles. The van der Waals surface area contributed by atoms with Gasteiger partial charge in [0.05, 0.1) is 9.88 Å². The lowest BCUT2D eigenvalue weighted by molar-refractivity contribution is -0.133. The lowest BCUT2D eigenvalue weighted by atomic mass is 9.97. The lowest BCUT2D eigenvalue weighted by Gasteiger charge is -2.31. The SMILES string of the molecule is O=C(O)c1nc(C2CCN(C(=O)Cn3nc(C(F)F)cc3C(F)F)CC2)sc1-c1cccc2ccccc12. The standard InChI is InChI=1S/C26H22F4N4O3S/c27-23(28)18-12-19(24(29)30)34(32-18)13-20(35)33-10-8-15(9-11-33)25-31-21(26(36)37)22(38-25)17-7-3-5-14-4-1-2-6-16(14)17/h1-7,12,15,23-24H,8-11,13H2,(H,36,37). The molecule has 2 aromatic carbocycles. The van der Waals surface area contributed by atoms with Gasteiger partial charge in [-0.1, -0.05) is 42.5 Å². The summed E-state index contributed by atoms with van der Waals surface area (Å²) in [5.74, 6) is -1.71. The fraction of sp³-hybridized carbons (Fsp3) is 0.308. The van der Waals surface area contributed by atoms with Gasteiger partial charge in [0.25, 0.3) is 12.9 Å². The molecule has 0 radical (unpaired) electrons. The highest BCUT2D eigenvalue weighted by molar-refractivity contribution is 7.15. The summed E-state index contributed by atoms with van der Waals surface area (Å²) in [5, 5.41) is 15.9. The molecule has 0 aliphatic carbocycles. The number of carbonyl (C=O) groups is 2. The summed E-state index contributed by atoms with van der Waals surface area (Å²) in [6.07, 6.45) is -5.07. The van der Waals surface area contributed by atoms with Crippen molar-refractivity contribution in [2.24, 2.45) is 0 Å². The van der Waals surface area contributed by atoms with E-state index >= 15 is 0 Å². The maximum Gasteiger partial charge on any atom is 0.356 e. The number of nitrogens with zero attached hydrogens (tertiary/aromatic N) is 4. The Hall–Kier alpha value is -3.80. The van der Waals surface area contributed by atoms with Crippen LogP contribution < -0.4 is 0 Å². The Labute approximate surface area is 218 Å². The summed E-state index contributed by atoms with van der Waals surface area (Å²) in [6.45, 7) is 0.0207. The van der Waals surface area contributed by atoms with Crippen LogP contribution in [0.2, 0.25) is 0 Å². The van der Waals surface area contributed by atoms with Gasteiger partial charge < -0.3 is 10.0 Å². The number of thiazole rings is 1. The van der Waals surface area contributed by atoms with Gasteiger partial charge in [-0.15, -0.1) is 11.3 Å². The number of piperidine rings is 1. The second kappa shape index (κ2) is 10.5. The van der Waals surface area contributed by atoms with Gasteiger partial charge in [-0.3, -0.25) is 9.48 Å². The molecule has 0 saturated carbocycles. The first kappa shape index (κ1) is 25.8. The van der Waals surface area contributed by atoms with Crippen LogP contribution in [-0.4, -0.2) is 49.7 Å². The molecular weight excluding hydrogens is 524 g/mol. The molecule has 0 atom stereocenters. The molecule has 0 unspecified atom stereocenters. The Morgan fingerprint density at radius 3 is 2.42 bits per heavy atom. The van der Waals surface area contributed by atoms with Crippen molar-refractivity contribution in [3.63, 3.8) is 0 Å². The van der Waals surface area contributed by atoms with Gasteiger partial charge in [-0.25, -0.2) is 27.3 Å². The summed E-state index contributed by atoms with van der Waals surface area (Å²) in [7, 11) is 0. The average molecular weight is 547 g/mol. The number of hydrogen-bond acceptors (Lipinski definition) is 5. The van der Waals surface area contributed by atoms with Crippen molar-refractivity contribution in [2.75, 3.05) is 13.1 Å². The minimum absolute atomic E-state index is 0.0205. The van der Waals surface area contributed by atoms with E-state index in [1.807, 2.05) is 42.5 Å². The Morgan fingerprint density at radius 2 is 1.74 bits per heavy atom. The minimum Gasteiger partial charge on any atom is -0.476 e. The Morgan fingerprint density at radius 1 is 1.03 bits per heavy atom. The molecular formula is C26H22F4N4O3S. The number of likely N-dealkylation sites (tertiary alicyclic amines) is 1. The maximum absolute atomic E-state index is 13.3. The molecule has 0 bridgehead atoms. The number of carbonyl (C=O) groups excluding carboxylic acids is 1. The molecule has 4 aromatic rings. The molecule has 7 nitrogen and oxygen atoms in total. The molecule has 12 heteroatoms. The van der Waals surface area contributed by atoms with E-state index in [-0.39, 0.29) is 11.6 Å². The fourth-order valence-corrected chi connectivity index (χ4v) is 5.99. The van der Waals surface area contributed by atoms with E-state index in [9.17, 15) is 32.3 Å². The van der Waals surface area contributed by atoms with Crippen molar-refractivity contribution in [1.29, 1.82) is 0 Å². The molecule has 0 spiro atoms. The highest BCUT2D eigenvalue weighted by atomic mass is 32.1. The number of aromatic carboxylic acids is 1. The second-order valence-corrected chi connectivity index (χ2v) is 10.0. The van der Waals surface area contributed by atoms with Crippen molar-refractivity contribution in [3.05, 3.63) is 70.6 Å². The molecule has 1 N–H and O–H groups in total.